The number of benzene rings is 1. The van der Waals surface area contributed by atoms with Crippen LogP contribution in [0.3, 0.4) is 0 Å². The van der Waals surface area contributed by atoms with Crippen LogP contribution in [-0.4, -0.2) is 54.6 Å². The van der Waals surface area contributed by atoms with Gasteiger partial charge in [-0.3, -0.25) is 9.09 Å². The number of halogens is 2. The van der Waals surface area contributed by atoms with Gasteiger partial charge < -0.3 is 29.9 Å². The highest BCUT2D eigenvalue weighted by atomic mass is 35.5. The molecule has 2 aliphatic heterocycles. The van der Waals surface area contributed by atoms with E-state index in [2.05, 4.69) is 20.3 Å². The summed E-state index contributed by atoms with van der Waals surface area (Å²) >= 11 is 6.38. The van der Waals surface area contributed by atoms with Crippen molar-refractivity contribution >= 4 is 42.4 Å². The van der Waals surface area contributed by atoms with E-state index in [1.807, 2.05) is 0 Å². The van der Waals surface area contributed by atoms with Crippen molar-refractivity contribution in [1.29, 1.82) is 0 Å². The van der Waals surface area contributed by atoms with E-state index in [0.29, 0.717) is 11.3 Å². The van der Waals surface area contributed by atoms with Crippen molar-refractivity contribution in [3.8, 4) is 11.5 Å². The summed E-state index contributed by atoms with van der Waals surface area (Å²) in [6, 6.07) is 6.35. The monoisotopic (exact) mass is 484 g/mol. The van der Waals surface area contributed by atoms with Gasteiger partial charge in [0.1, 0.15) is 0 Å². The zero-order valence-corrected chi connectivity index (χ0v) is 17.8. The molecule has 0 amide bonds. The van der Waals surface area contributed by atoms with Crippen LogP contribution in [0.25, 0.3) is 11.2 Å². The van der Waals surface area contributed by atoms with Crippen molar-refractivity contribution in [3.05, 3.63) is 30.6 Å². The van der Waals surface area contributed by atoms with E-state index in [0.717, 1.165) is 0 Å². The van der Waals surface area contributed by atoms with Crippen molar-refractivity contribution in [2.75, 3.05) is 18.1 Å². The number of para-hydroxylation sites is 2. The summed E-state index contributed by atoms with van der Waals surface area (Å²) in [6.07, 6.45) is -3.77. The van der Waals surface area contributed by atoms with Gasteiger partial charge in [-0.15, -0.1) is 0 Å². The lowest BCUT2D eigenvalue weighted by Crippen LogP contribution is -2.34. The van der Waals surface area contributed by atoms with Crippen LogP contribution in [0.1, 0.15) is 6.23 Å². The van der Waals surface area contributed by atoms with Crippen LogP contribution in [-0.2, 0) is 13.8 Å². The maximum atomic E-state index is 15.5. The topological polar surface area (TPSA) is 156 Å². The smallest absolute Gasteiger partial charge is 0.391 e. The number of nitrogens with two attached hydrogens (primary N) is 1. The highest BCUT2D eigenvalue weighted by Crippen LogP contribution is 2.72. The Balaban J connectivity index is 1.28. The zero-order chi connectivity index (χ0) is 22.5. The number of anilines is 2. The van der Waals surface area contributed by atoms with Gasteiger partial charge in [0.15, 0.2) is 52.6 Å². The Hall–Kier alpha value is -2.70. The van der Waals surface area contributed by atoms with Crippen molar-refractivity contribution in [2.24, 2.45) is 0 Å². The first-order chi connectivity index (χ1) is 15.2. The number of nitrogens with zero attached hydrogens (tertiary/aromatic N) is 4. The van der Waals surface area contributed by atoms with E-state index in [4.69, 9.17) is 35.6 Å². The lowest BCUT2D eigenvalue weighted by Gasteiger charge is -2.22. The number of aliphatic hydroxyl groups is 1. The molecule has 1 saturated carbocycles. The molecule has 6 rings (SSSR count). The van der Waals surface area contributed by atoms with Crippen LogP contribution < -0.4 is 20.1 Å². The molecule has 0 spiro atoms. The number of nitrogen functional groups attached to an aromatic ring is 1. The van der Waals surface area contributed by atoms with E-state index in [-0.39, 0.29) is 23.1 Å². The third-order valence-electron chi connectivity index (χ3n) is 5.62. The number of ether oxygens (including phenoxy) is 1. The summed E-state index contributed by atoms with van der Waals surface area (Å²) in [5, 5.41) is 11.7. The Kier molecular flexibility index (Phi) is 3.87. The molecule has 2 fully saturated rings. The molecular weight excluding hydrogens is 470 g/mol. The van der Waals surface area contributed by atoms with Crippen LogP contribution in [0, 0.1) is 0 Å². The van der Waals surface area contributed by atoms with Crippen LogP contribution >= 0.6 is 19.4 Å². The average molecular weight is 485 g/mol. The van der Waals surface area contributed by atoms with Crippen molar-refractivity contribution < 1.29 is 32.4 Å². The van der Waals surface area contributed by atoms with Gasteiger partial charge in [0.25, 0.3) is 0 Å². The second-order valence-corrected chi connectivity index (χ2v) is 9.48. The Morgan fingerprint density at radius 3 is 2.62 bits per heavy atom. The van der Waals surface area contributed by atoms with Gasteiger partial charge in [-0.2, -0.15) is 9.97 Å². The molecular formula is C17H15ClFN6O6P. The Morgan fingerprint density at radius 1 is 1.34 bits per heavy atom. The van der Waals surface area contributed by atoms with Crippen molar-refractivity contribution in [2.45, 2.75) is 29.2 Å². The average Bonchev–Trinajstić information content (AvgIpc) is 3.17. The first-order valence-corrected chi connectivity index (χ1v) is 11.2. The van der Waals surface area contributed by atoms with Crippen LogP contribution in [0.4, 0.5) is 16.2 Å². The molecule has 1 saturated heterocycles. The van der Waals surface area contributed by atoms with Gasteiger partial charge in [-0.05, 0) is 12.1 Å². The fourth-order valence-electron chi connectivity index (χ4n) is 4.00. The second kappa shape index (κ2) is 6.21. The standard InChI is InChI=1S/C17H15ClFN6O6P/c1-21-11-9-12(24-15(20)23-11)25(6-22-9)13-10(19)16(26)14(17(16,18)28-13)31-32(27)29-7-4-2-3-5-8(7)30-32/h2-6,10,13-14,26H,1H3,(H3,20,21,23,24)/t10-,13-,14?,16-,17-/m1/s1. The summed E-state index contributed by atoms with van der Waals surface area (Å²) in [5.41, 5.74) is 3.87. The van der Waals surface area contributed by atoms with Crippen LogP contribution in [0.2, 0.25) is 0 Å². The molecule has 0 radical (unpaired) electrons. The maximum Gasteiger partial charge on any atom is 0.588 e. The van der Waals surface area contributed by atoms with Gasteiger partial charge in [0, 0.05) is 7.05 Å². The first kappa shape index (κ1) is 19.9. The Labute approximate surface area is 184 Å². The summed E-state index contributed by atoms with van der Waals surface area (Å²) in [5.74, 6) is 0.639. The Morgan fingerprint density at radius 2 is 2.03 bits per heavy atom. The summed E-state index contributed by atoms with van der Waals surface area (Å²) in [6.45, 7) is 0. The van der Waals surface area contributed by atoms with Gasteiger partial charge in [-0.1, -0.05) is 23.7 Å². The van der Waals surface area contributed by atoms with E-state index < -0.39 is 37.0 Å². The molecule has 3 aliphatic rings. The normalized spacial score (nSPS) is 33.9. The molecule has 5 atom stereocenters. The Bertz CT molecular complexity index is 1300. The van der Waals surface area contributed by atoms with Crippen molar-refractivity contribution in [1.82, 2.24) is 19.5 Å². The molecule has 4 heterocycles. The minimum atomic E-state index is -4.20. The zero-order valence-electron chi connectivity index (χ0n) is 16.2. The molecule has 4 N–H and O–H groups in total. The first-order valence-electron chi connectivity index (χ1n) is 9.38. The van der Waals surface area contributed by atoms with Crippen LogP contribution in [0.5, 0.6) is 11.5 Å². The third kappa shape index (κ3) is 2.42. The maximum absolute atomic E-state index is 15.5. The number of phosphoric ester groups is 1. The lowest BCUT2D eigenvalue weighted by molar-refractivity contribution is -0.0661. The molecule has 0 bridgehead atoms. The summed E-state index contributed by atoms with van der Waals surface area (Å²) < 4.78 is 51.0. The number of fused-ring (bicyclic) bond motifs is 3. The fourth-order valence-corrected chi connectivity index (χ4v) is 5.99. The van der Waals surface area contributed by atoms with E-state index in [1.165, 1.54) is 23.0 Å². The summed E-state index contributed by atoms with van der Waals surface area (Å²) in [7, 11) is -2.59. The van der Waals surface area contributed by atoms with Gasteiger partial charge in [-0.25, -0.2) is 13.9 Å². The second-order valence-electron chi connectivity index (χ2n) is 7.45. The number of alkyl halides is 2. The SMILES string of the molecule is CNc1nc(N)nc2c1ncn2[C@@H]1O[C@]2(Cl)C(OP3(=O)Oc4ccccc4O3)[C@]2(O)[C@@H]1F. The molecule has 168 valence electrons. The number of phosphoric acid groups is 1. The lowest BCUT2D eigenvalue weighted by atomic mass is 10.2. The number of hydrogen-bond donors (Lipinski definition) is 3. The molecule has 1 unspecified atom stereocenters. The molecule has 1 aliphatic carbocycles. The van der Waals surface area contributed by atoms with Crippen molar-refractivity contribution in [3.63, 3.8) is 0 Å². The van der Waals surface area contributed by atoms with Gasteiger partial charge in [0.2, 0.25) is 11.0 Å². The summed E-state index contributed by atoms with van der Waals surface area (Å²) in [4.78, 5) is 12.3. The molecule has 2 aromatic heterocycles. The number of aromatic nitrogens is 4. The molecule has 32 heavy (non-hydrogen) atoms. The highest BCUT2D eigenvalue weighted by Gasteiger charge is 2.91. The van der Waals surface area contributed by atoms with E-state index in [1.54, 1.807) is 19.2 Å². The minimum absolute atomic E-state index is 0.0733. The third-order valence-corrected chi connectivity index (χ3v) is 7.52. The molecule has 3 aromatic rings. The number of nitrogens with one attached hydrogen (secondary N) is 1. The van der Waals surface area contributed by atoms with Gasteiger partial charge in [0.05, 0.1) is 6.33 Å². The van der Waals surface area contributed by atoms with Crippen LogP contribution in [0.15, 0.2) is 30.6 Å². The minimum Gasteiger partial charge on any atom is -0.391 e. The largest absolute Gasteiger partial charge is 0.588 e. The number of imidazole rings is 1. The van der Waals surface area contributed by atoms with Gasteiger partial charge >= 0.3 is 7.82 Å². The van der Waals surface area contributed by atoms with E-state index in [9.17, 15) is 9.67 Å². The predicted molar refractivity (Wildman–Crippen MR) is 108 cm³/mol. The predicted octanol–water partition coefficient (Wildman–Crippen LogP) is 1.96. The molecule has 12 nitrogen and oxygen atoms in total. The number of hydrogen-bond acceptors (Lipinski definition) is 11. The highest BCUT2D eigenvalue weighted by molar-refractivity contribution is 7.49. The quantitative estimate of drug-likeness (QED) is 0.367. The number of rotatable bonds is 4. The fraction of sp³-hybridized carbons (Fsp3) is 0.353. The van der Waals surface area contributed by atoms with E-state index >= 15 is 4.39 Å². The molecule has 15 heteroatoms. The molecule has 1 aromatic carbocycles.